The van der Waals surface area contributed by atoms with Crippen molar-refractivity contribution in [3.05, 3.63) is 34.4 Å². The van der Waals surface area contributed by atoms with E-state index in [9.17, 15) is 4.79 Å². The average molecular weight is 298 g/mol. The number of esters is 1. The van der Waals surface area contributed by atoms with Gasteiger partial charge in [0.15, 0.2) is 6.04 Å². The van der Waals surface area contributed by atoms with Gasteiger partial charge in [0, 0.05) is 22.0 Å². The van der Waals surface area contributed by atoms with Gasteiger partial charge in [-0.05, 0) is 18.2 Å². The molecule has 1 aliphatic heterocycles. The van der Waals surface area contributed by atoms with Crippen LogP contribution in [-0.4, -0.2) is 27.6 Å². The average Bonchev–Trinajstić information content (AvgIpc) is 2.95. The minimum Gasteiger partial charge on any atom is -0.464 e. The smallest absolute Gasteiger partial charge is 0.331 e. The summed E-state index contributed by atoms with van der Waals surface area (Å²) in [6.07, 6.45) is 2.30. The summed E-state index contributed by atoms with van der Waals surface area (Å²) >= 11 is 11.9. The van der Waals surface area contributed by atoms with Gasteiger partial charge in [-0.2, -0.15) is 0 Å². The van der Waals surface area contributed by atoms with Crippen LogP contribution in [0.15, 0.2) is 24.4 Å². The maximum Gasteiger partial charge on any atom is 0.331 e. The van der Waals surface area contributed by atoms with E-state index >= 15 is 0 Å². The molecule has 0 saturated carbocycles. The summed E-state index contributed by atoms with van der Waals surface area (Å²) < 4.78 is 6.42. The number of ether oxygens (including phenoxy) is 1. The lowest BCUT2D eigenvalue weighted by atomic mass is 10.2. The molecule has 7 heteroatoms. The predicted molar refractivity (Wildman–Crippen MR) is 70.1 cm³/mol. The standard InChI is InChI=1S/C12H9Cl2N3O2/c13-8-3-7(4-9(14)5-8)10-6-17(16-15-10)11-1-2-19-12(11)18/h3-6,11H,1-2H2. The fourth-order valence-electron chi connectivity index (χ4n) is 1.99. The van der Waals surface area contributed by atoms with Crippen molar-refractivity contribution in [1.82, 2.24) is 15.0 Å². The van der Waals surface area contributed by atoms with Crippen molar-refractivity contribution in [2.45, 2.75) is 12.5 Å². The van der Waals surface area contributed by atoms with Crippen molar-refractivity contribution in [2.75, 3.05) is 6.61 Å². The Morgan fingerprint density at radius 2 is 2.00 bits per heavy atom. The maximum atomic E-state index is 11.5. The monoisotopic (exact) mass is 297 g/mol. The van der Waals surface area contributed by atoms with Gasteiger partial charge < -0.3 is 4.74 Å². The van der Waals surface area contributed by atoms with Gasteiger partial charge in [-0.15, -0.1) is 5.10 Å². The van der Waals surface area contributed by atoms with Gasteiger partial charge in [-0.25, -0.2) is 9.48 Å². The number of cyclic esters (lactones) is 1. The number of rotatable bonds is 2. The van der Waals surface area contributed by atoms with E-state index in [1.165, 1.54) is 4.68 Å². The zero-order chi connectivity index (χ0) is 13.4. The topological polar surface area (TPSA) is 57.0 Å². The summed E-state index contributed by atoms with van der Waals surface area (Å²) in [7, 11) is 0. The number of nitrogens with zero attached hydrogens (tertiary/aromatic N) is 3. The molecule has 1 aromatic carbocycles. The predicted octanol–water partition coefficient (Wildman–Crippen LogP) is 2.74. The van der Waals surface area contributed by atoms with Crippen LogP contribution >= 0.6 is 23.2 Å². The Morgan fingerprint density at radius 3 is 2.63 bits per heavy atom. The highest BCUT2D eigenvalue weighted by atomic mass is 35.5. The van der Waals surface area contributed by atoms with Crippen LogP contribution in [0, 0.1) is 0 Å². The second-order valence-electron chi connectivity index (χ2n) is 4.21. The van der Waals surface area contributed by atoms with E-state index in [2.05, 4.69) is 10.3 Å². The van der Waals surface area contributed by atoms with Crippen molar-refractivity contribution >= 4 is 29.2 Å². The largest absolute Gasteiger partial charge is 0.464 e. The van der Waals surface area contributed by atoms with Gasteiger partial charge in [0.25, 0.3) is 0 Å². The quantitative estimate of drug-likeness (QED) is 0.800. The van der Waals surface area contributed by atoms with Crippen LogP contribution in [0.3, 0.4) is 0 Å². The van der Waals surface area contributed by atoms with E-state index in [-0.39, 0.29) is 5.97 Å². The molecule has 1 fully saturated rings. The number of benzene rings is 1. The van der Waals surface area contributed by atoms with E-state index in [0.29, 0.717) is 28.8 Å². The Morgan fingerprint density at radius 1 is 1.26 bits per heavy atom. The number of hydrogen-bond acceptors (Lipinski definition) is 4. The van der Waals surface area contributed by atoms with Crippen LogP contribution in [0.4, 0.5) is 0 Å². The minimum atomic E-state index is -0.393. The minimum absolute atomic E-state index is 0.277. The summed E-state index contributed by atoms with van der Waals surface area (Å²) in [5.74, 6) is -0.277. The Bertz CT molecular complexity index is 621. The van der Waals surface area contributed by atoms with Crippen LogP contribution in [0.1, 0.15) is 12.5 Å². The summed E-state index contributed by atoms with van der Waals surface area (Å²) in [5, 5.41) is 9.05. The number of halogens is 2. The molecule has 2 heterocycles. The third-order valence-electron chi connectivity index (χ3n) is 2.90. The first-order valence-corrected chi connectivity index (χ1v) is 6.44. The fourth-order valence-corrected chi connectivity index (χ4v) is 2.51. The molecule has 0 N–H and O–H groups in total. The molecule has 1 saturated heterocycles. The van der Waals surface area contributed by atoms with Crippen molar-refractivity contribution in [1.29, 1.82) is 0 Å². The van der Waals surface area contributed by atoms with Crippen LogP contribution in [0.2, 0.25) is 10.0 Å². The molecule has 1 atom stereocenters. The molecule has 1 aliphatic rings. The summed E-state index contributed by atoms with van der Waals surface area (Å²) in [6.45, 7) is 0.418. The molecule has 98 valence electrons. The molecular weight excluding hydrogens is 289 g/mol. The summed E-state index contributed by atoms with van der Waals surface area (Å²) in [5.41, 5.74) is 1.37. The van der Waals surface area contributed by atoms with Crippen LogP contribution in [-0.2, 0) is 9.53 Å². The van der Waals surface area contributed by atoms with Gasteiger partial charge in [0.05, 0.1) is 12.8 Å². The van der Waals surface area contributed by atoms with Gasteiger partial charge in [-0.1, -0.05) is 28.4 Å². The summed E-state index contributed by atoms with van der Waals surface area (Å²) in [4.78, 5) is 11.5. The first-order valence-electron chi connectivity index (χ1n) is 5.68. The highest BCUT2D eigenvalue weighted by molar-refractivity contribution is 6.35. The second-order valence-corrected chi connectivity index (χ2v) is 5.09. The molecule has 5 nitrogen and oxygen atoms in total. The normalized spacial score (nSPS) is 18.6. The lowest BCUT2D eigenvalue weighted by molar-refractivity contribution is -0.140. The number of carbonyl (C=O) groups excluding carboxylic acids is 1. The Kier molecular flexibility index (Phi) is 3.16. The second kappa shape index (κ2) is 4.83. The Hall–Kier alpha value is -1.59. The number of carbonyl (C=O) groups is 1. The van der Waals surface area contributed by atoms with Gasteiger partial charge >= 0.3 is 5.97 Å². The maximum absolute atomic E-state index is 11.5. The van der Waals surface area contributed by atoms with E-state index in [1.807, 2.05) is 0 Å². The van der Waals surface area contributed by atoms with Gasteiger partial charge in [0.1, 0.15) is 5.69 Å². The molecule has 0 amide bonds. The van der Waals surface area contributed by atoms with Crippen LogP contribution in [0.5, 0.6) is 0 Å². The van der Waals surface area contributed by atoms with Crippen molar-refractivity contribution in [2.24, 2.45) is 0 Å². The molecule has 2 aromatic rings. The summed E-state index contributed by atoms with van der Waals surface area (Å²) in [6, 6.07) is 4.74. The number of hydrogen-bond donors (Lipinski definition) is 0. The third-order valence-corrected chi connectivity index (χ3v) is 3.33. The zero-order valence-corrected chi connectivity index (χ0v) is 11.2. The molecule has 0 bridgehead atoms. The fraction of sp³-hybridized carbons (Fsp3) is 0.250. The van der Waals surface area contributed by atoms with Gasteiger partial charge in [0.2, 0.25) is 0 Å². The molecule has 19 heavy (non-hydrogen) atoms. The van der Waals surface area contributed by atoms with E-state index in [4.69, 9.17) is 27.9 Å². The Balaban J connectivity index is 1.94. The first kappa shape index (κ1) is 12.4. The molecule has 1 unspecified atom stereocenters. The van der Waals surface area contributed by atoms with E-state index in [1.54, 1.807) is 24.4 Å². The lowest BCUT2D eigenvalue weighted by Crippen LogP contribution is -2.14. The third kappa shape index (κ3) is 2.43. The van der Waals surface area contributed by atoms with Crippen LogP contribution < -0.4 is 0 Å². The molecule has 0 spiro atoms. The van der Waals surface area contributed by atoms with E-state index < -0.39 is 6.04 Å². The first-order chi connectivity index (χ1) is 9.13. The molecule has 0 radical (unpaired) electrons. The highest BCUT2D eigenvalue weighted by Gasteiger charge is 2.29. The highest BCUT2D eigenvalue weighted by Crippen LogP contribution is 2.27. The number of aromatic nitrogens is 3. The molecular formula is C12H9Cl2N3O2. The van der Waals surface area contributed by atoms with Crippen molar-refractivity contribution < 1.29 is 9.53 Å². The lowest BCUT2D eigenvalue weighted by Gasteiger charge is -2.03. The van der Waals surface area contributed by atoms with Gasteiger partial charge in [-0.3, -0.25) is 0 Å². The molecule has 1 aromatic heterocycles. The Labute approximate surface area is 119 Å². The molecule has 0 aliphatic carbocycles. The SMILES string of the molecule is O=C1OCCC1n1cc(-c2cc(Cl)cc(Cl)c2)nn1. The van der Waals surface area contributed by atoms with Crippen molar-refractivity contribution in [3.63, 3.8) is 0 Å². The van der Waals surface area contributed by atoms with Crippen molar-refractivity contribution in [3.8, 4) is 11.3 Å². The van der Waals surface area contributed by atoms with E-state index in [0.717, 1.165) is 5.56 Å². The molecule has 3 rings (SSSR count). The van der Waals surface area contributed by atoms with Crippen LogP contribution in [0.25, 0.3) is 11.3 Å². The zero-order valence-electron chi connectivity index (χ0n) is 9.72.